The summed E-state index contributed by atoms with van der Waals surface area (Å²) in [5.41, 5.74) is 8.43. The van der Waals surface area contributed by atoms with Crippen LogP contribution in [0.3, 0.4) is 0 Å². The molecule has 0 spiro atoms. The number of nitrogens with two attached hydrogens (primary N) is 1. The van der Waals surface area contributed by atoms with Crippen LogP contribution in [0.15, 0.2) is 40.9 Å². The first-order valence-corrected chi connectivity index (χ1v) is 8.33. The summed E-state index contributed by atoms with van der Waals surface area (Å²) in [6, 6.07) is 9.10. The summed E-state index contributed by atoms with van der Waals surface area (Å²) in [5, 5.41) is 7.11. The zero-order valence-corrected chi connectivity index (χ0v) is 15.1. The molecule has 1 aromatic carbocycles. The Morgan fingerprint density at radius 3 is 2.73 bits per heavy atom. The Bertz CT molecular complexity index is 927. The minimum atomic E-state index is -0.217. The van der Waals surface area contributed by atoms with Crippen LogP contribution in [0.1, 0.15) is 21.9 Å². The Balaban J connectivity index is 1.92. The van der Waals surface area contributed by atoms with E-state index in [2.05, 4.69) is 10.4 Å². The fourth-order valence-corrected chi connectivity index (χ4v) is 2.80. The molecule has 0 aliphatic carbocycles. The van der Waals surface area contributed by atoms with Gasteiger partial charge in [-0.05, 0) is 44.2 Å². The van der Waals surface area contributed by atoms with Crippen molar-refractivity contribution in [1.82, 2.24) is 9.78 Å². The van der Waals surface area contributed by atoms with Gasteiger partial charge in [0.15, 0.2) is 0 Å². The lowest BCUT2D eigenvalue weighted by molar-refractivity contribution is 0.102. The number of hydrogen-bond donors (Lipinski definition) is 2. The zero-order valence-electron chi connectivity index (χ0n) is 15.1. The molecular formula is C19H22N4O3. The highest BCUT2D eigenvalue weighted by Gasteiger charge is 2.16. The predicted molar refractivity (Wildman–Crippen MR) is 99.3 cm³/mol. The number of anilines is 1. The summed E-state index contributed by atoms with van der Waals surface area (Å²) in [5.74, 6) is 1.77. The Morgan fingerprint density at radius 2 is 2.12 bits per heavy atom. The van der Waals surface area contributed by atoms with Gasteiger partial charge in [-0.25, -0.2) is 0 Å². The first-order valence-electron chi connectivity index (χ1n) is 8.33. The number of hydrogen-bond acceptors (Lipinski definition) is 5. The van der Waals surface area contributed by atoms with Crippen LogP contribution in [0.4, 0.5) is 5.69 Å². The number of aromatic nitrogens is 2. The van der Waals surface area contributed by atoms with Gasteiger partial charge >= 0.3 is 0 Å². The molecule has 2 heterocycles. The number of carbonyl (C=O) groups excluding carboxylic acids is 1. The quantitative estimate of drug-likeness (QED) is 0.710. The van der Waals surface area contributed by atoms with Crippen molar-refractivity contribution in [3.05, 3.63) is 53.6 Å². The summed E-state index contributed by atoms with van der Waals surface area (Å²) in [6.07, 6.45) is 1.71. The Labute approximate surface area is 151 Å². The van der Waals surface area contributed by atoms with E-state index in [1.165, 1.54) is 0 Å². The van der Waals surface area contributed by atoms with E-state index in [0.717, 1.165) is 11.3 Å². The number of ether oxygens (including phenoxy) is 1. The van der Waals surface area contributed by atoms with Crippen LogP contribution in [0.5, 0.6) is 5.75 Å². The summed E-state index contributed by atoms with van der Waals surface area (Å²) in [4.78, 5) is 12.5. The molecule has 3 N–H and O–H groups in total. The summed E-state index contributed by atoms with van der Waals surface area (Å²) in [7, 11) is 1.85. The van der Waals surface area contributed by atoms with Crippen LogP contribution in [0.25, 0.3) is 11.3 Å². The van der Waals surface area contributed by atoms with E-state index >= 15 is 0 Å². The number of nitrogens with one attached hydrogen (secondary N) is 1. The van der Waals surface area contributed by atoms with Gasteiger partial charge in [0.2, 0.25) is 0 Å². The van der Waals surface area contributed by atoms with E-state index in [4.69, 9.17) is 14.9 Å². The van der Waals surface area contributed by atoms with Gasteiger partial charge in [-0.1, -0.05) is 0 Å². The third kappa shape index (κ3) is 3.62. The highest BCUT2D eigenvalue weighted by molar-refractivity contribution is 6.05. The average Bonchev–Trinajstić information content (AvgIpc) is 3.18. The maximum absolute atomic E-state index is 12.5. The maximum atomic E-state index is 12.5. The molecule has 0 radical (unpaired) electrons. The van der Waals surface area contributed by atoms with Crippen molar-refractivity contribution in [1.29, 1.82) is 0 Å². The van der Waals surface area contributed by atoms with E-state index in [1.54, 1.807) is 29.9 Å². The van der Waals surface area contributed by atoms with Crippen LogP contribution >= 0.6 is 0 Å². The maximum Gasteiger partial charge on any atom is 0.259 e. The molecule has 7 nitrogen and oxygen atoms in total. The predicted octanol–water partition coefficient (Wildman–Crippen LogP) is 2.89. The molecule has 0 saturated carbocycles. The molecule has 3 aromatic rings. The summed E-state index contributed by atoms with van der Waals surface area (Å²) in [6.45, 7) is 4.41. The fraction of sp³-hybridized carbons (Fsp3) is 0.263. The average molecular weight is 354 g/mol. The topological polar surface area (TPSA) is 95.3 Å². The lowest BCUT2D eigenvalue weighted by Gasteiger charge is -2.13. The van der Waals surface area contributed by atoms with Crippen LogP contribution in [-0.2, 0) is 7.05 Å². The summed E-state index contributed by atoms with van der Waals surface area (Å²) < 4.78 is 12.9. The number of carbonyl (C=O) groups is 1. The number of aryl methyl sites for hydroxylation is 3. The smallest absolute Gasteiger partial charge is 0.259 e. The molecule has 2 aromatic heterocycles. The van der Waals surface area contributed by atoms with Crippen LogP contribution in [0, 0.1) is 13.8 Å². The van der Waals surface area contributed by atoms with Gasteiger partial charge in [-0.15, -0.1) is 0 Å². The fourth-order valence-electron chi connectivity index (χ4n) is 2.80. The molecule has 0 bridgehead atoms. The summed E-state index contributed by atoms with van der Waals surface area (Å²) >= 11 is 0. The molecule has 26 heavy (non-hydrogen) atoms. The second-order valence-corrected chi connectivity index (χ2v) is 5.97. The largest absolute Gasteiger partial charge is 0.492 e. The van der Waals surface area contributed by atoms with Crippen molar-refractivity contribution in [3.63, 3.8) is 0 Å². The number of rotatable bonds is 6. The third-order valence-electron chi connectivity index (χ3n) is 4.00. The van der Waals surface area contributed by atoms with E-state index < -0.39 is 0 Å². The number of benzene rings is 1. The van der Waals surface area contributed by atoms with Crippen molar-refractivity contribution >= 4 is 11.6 Å². The normalized spacial score (nSPS) is 10.8. The van der Waals surface area contributed by atoms with E-state index in [1.807, 2.05) is 32.2 Å². The SMILES string of the molecule is Cc1cc(C(=O)Nc2ccc(OCCN)c(-c3ccnn3C)c2)c(C)o1. The molecule has 7 heteroatoms. The van der Waals surface area contributed by atoms with Crippen LogP contribution < -0.4 is 15.8 Å². The second kappa shape index (κ2) is 7.45. The monoisotopic (exact) mass is 354 g/mol. The van der Waals surface area contributed by atoms with Crippen LogP contribution in [0.2, 0.25) is 0 Å². The van der Waals surface area contributed by atoms with Gasteiger partial charge in [0.1, 0.15) is 23.9 Å². The van der Waals surface area contributed by atoms with Gasteiger partial charge < -0.3 is 20.2 Å². The van der Waals surface area contributed by atoms with Crippen molar-refractivity contribution < 1.29 is 13.9 Å². The van der Waals surface area contributed by atoms with Crippen LogP contribution in [-0.4, -0.2) is 28.8 Å². The first-order chi connectivity index (χ1) is 12.5. The zero-order chi connectivity index (χ0) is 18.7. The molecule has 0 unspecified atom stereocenters. The molecule has 136 valence electrons. The lowest BCUT2D eigenvalue weighted by Crippen LogP contribution is -2.13. The van der Waals surface area contributed by atoms with Crippen molar-refractivity contribution in [3.8, 4) is 17.0 Å². The van der Waals surface area contributed by atoms with E-state index in [0.29, 0.717) is 41.7 Å². The highest BCUT2D eigenvalue weighted by atomic mass is 16.5. The van der Waals surface area contributed by atoms with Gasteiger partial charge in [-0.3, -0.25) is 9.48 Å². The first kappa shape index (κ1) is 17.8. The molecule has 0 fully saturated rings. The minimum Gasteiger partial charge on any atom is -0.492 e. The standard InChI is InChI=1S/C19H22N4O3/c1-12-10-15(13(2)26-12)19(24)22-14-4-5-18(25-9-7-20)16(11-14)17-6-8-21-23(17)3/h4-6,8,10-11H,7,9,20H2,1-3H3,(H,22,24). The third-order valence-corrected chi connectivity index (χ3v) is 4.00. The van der Waals surface area contributed by atoms with Gasteiger partial charge in [-0.2, -0.15) is 5.10 Å². The Hall–Kier alpha value is -3.06. The van der Waals surface area contributed by atoms with Crippen molar-refractivity contribution in [2.24, 2.45) is 12.8 Å². The van der Waals surface area contributed by atoms with Crippen molar-refractivity contribution in [2.45, 2.75) is 13.8 Å². The molecule has 0 aliphatic heterocycles. The minimum absolute atomic E-state index is 0.217. The number of furan rings is 1. The Morgan fingerprint density at radius 1 is 1.31 bits per heavy atom. The number of nitrogens with zero attached hydrogens (tertiary/aromatic N) is 2. The van der Waals surface area contributed by atoms with E-state index in [-0.39, 0.29) is 5.91 Å². The van der Waals surface area contributed by atoms with E-state index in [9.17, 15) is 4.79 Å². The lowest BCUT2D eigenvalue weighted by atomic mass is 10.1. The molecule has 0 atom stereocenters. The Kier molecular flexibility index (Phi) is 5.09. The molecule has 0 aliphatic rings. The molecule has 3 rings (SSSR count). The highest BCUT2D eigenvalue weighted by Crippen LogP contribution is 2.32. The van der Waals surface area contributed by atoms with Crippen molar-refractivity contribution in [2.75, 3.05) is 18.5 Å². The molecule has 0 saturated heterocycles. The van der Waals surface area contributed by atoms with Gasteiger partial charge in [0.25, 0.3) is 5.91 Å². The number of amides is 1. The molecule has 1 amide bonds. The van der Waals surface area contributed by atoms with Gasteiger partial charge in [0, 0.05) is 31.0 Å². The van der Waals surface area contributed by atoms with Gasteiger partial charge in [0.05, 0.1) is 11.3 Å². The molecular weight excluding hydrogens is 332 g/mol. The second-order valence-electron chi connectivity index (χ2n) is 5.97.